The molecule has 0 saturated heterocycles. The summed E-state index contributed by atoms with van der Waals surface area (Å²) in [6.07, 6.45) is -1.12. The van der Waals surface area contributed by atoms with Crippen LogP contribution in [0.25, 0.3) is 0 Å². The molecule has 0 aliphatic rings. The minimum Gasteiger partial charge on any atom is -0.451 e. The number of H-pyrrole nitrogens is 1. The first kappa shape index (κ1) is 17.6. The number of halogens is 1. The van der Waals surface area contributed by atoms with Gasteiger partial charge in [-0.2, -0.15) is 0 Å². The Morgan fingerprint density at radius 2 is 1.79 bits per heavy atom. The van der Waals surface area contributed by atoms with Crippen LogP contribution >= 0.6 is 0 Å². The molecule has 0 radical (unpaired) electrons. The summed E-state index contributed by atoms with van der Waals surface area (Å²) in [7, 11) is 0. The van der Waals surface area contributed by atoms with Crippen molar-refractivity contribution in [3.63, 3.8) is 0 Å². The van der Waals surface area contributed by atoms with Crippen molar-refractivity contribution in [1.29, 1.82) is 0 Å². The van der Waals surface area contributed by atoms with Crippen molar-refractivity contribution < 1.29 is 23.5 Å². The van der Waals surface area contributed by atoms with E-state index in [1.54, 1.807) is 13.8 Å². The van der Waals surface area contributed by atoms with Crippen molar-refractivity contribution in [1.82, 2.24) is 4.98 Å². The van der Waals surface area contributed by atoms with Crippen LogP contribution in [-0.4, -0.2) is 28.6 Å². The van der Waals surface area contributed by atoms with Gasteiger partial charge >= 0.3 is 5.97 Å². The molecular weight excluding hydrogens is 313 g/mol. The zero-order valence-electron chi connectivity index (χ0n) is 13.9. The third kappa shape index (κ3) is 3.27. The van der Waals surface area contributed by atoms with E-state index in [4.69, 9.17) is 4.74 Å². The Morgan fingerprint density at radius 1 is 1.17 bits per heavy atom. The van der Waals surface area contributed by atoms with Crippen LogP contribution in [0.5, 0.6) is 0 Å². The van der Waals surface area contributed by atoms with Gasteiger partial charge < -0.3 is 9.72 Å². The third-order valence-electron chi connectivity index (χ3n) is 3.78. The van der Waals surface area contributed by atoms with Crippen molar-refractivity contribution >= 4 is 17.5 Å². The summed E-state index contributed by atoms with van der Waals surface area (Å²) in [6.45, 7) is 6.17. The molecule has 1 heterocycles. The molecule has 1 atom stereocenters. The predicted octanol–water partition coefficient (Wildman–Crippen LogP) is 3.40. The number of aromatic amines is 1. The Hall–Kier alpha value is -2.76. The number of nitrogens with one attached hydrogen (secondary N) is 1. The maximum absolute atomic E-state index is 13.6. The smallest absolute Gasteiger partial charge is 0.341 e. The molecule has 126 valence electrons. The van der Waals surface area contributed by atoms with Crippen molar-refractivity contribution in [2.45, 2.75) is 33.8 Å². The molecular formula is C18H18FNO4. The molecule has 0 aliphatic heterocycles. The number of hydrogen-bond donors (Lipinski definition) is 1. The molecule has 0 bridgehead atoms. The van der Waals surface area contributed by atoms with Gasteiger partial charge in [0.1, 0.15) is 5.82 Å². The number of carbonyl (C=O) groups is 3. The number of benzene rings is 1. The average molecular weight is 331 g/mol. The summed E-state index contributed by atoms with van der Waals surface area (Å²) in [5, 5.41) is 0. The van der Waals surface area contributed by atoms with Crippen molar-refractivity contribution in [3.8, 4) is 0 Å². The summed E-state index contributed by atoms with van der Waals surface area (Å²) in [4.78, 5) is 39.0. The predicted molar refractivity (Wildman–Crippen MR) is 85.9 cm³/mol. The van der Waals surface area contributed by atoms with Crippen LogP contribution in [0.2, 0.25) is 0 Å². The van der Waals surface area contributed by atoms with E-state index in [2.05, 4.69) is 4.98 Å². The summed E-state index contributed by atoms with van der Waals surface area (Å²) in [5.74, 6) is -2.27. The maximum Gasteiger partial charge on any atom is 0.341 e. The van der Waals surface area contributed by atoms with E-state index in [1.165, 1.54) is 32.0 Å². The zero-order chi connectivity index (χ0) is 18.0. The molecule has 1 aromatic carbocycles. The normalized spacial score (nSPS) is 11.9. The molecule has 6 heteroatoms. The van der Waals surface area contributed by atoms with Crippen LogP contribution in [-0.2, 0) is 4.74 Å². The van der Waals surface area contributed by atoms with Gasteiger partial charge in [-0.25, -0.2) is 9.18 Å². The van der Waals surface area contributed by atoms with Gasteiger partial charge in [0.15, 0.2) is 11.9 Å². The highest BCUT2D eigenvalue weighted by atomic mass is 19.1. The minimum atomic E-state index is -1.12. The zero-order valence-corrected chi connectivity index (χ0v) is 13.9. The second-order valence-corrected chi connectivity index (χ2v) is 5.57. The SMILES string of the molecule is CC(=O)c1c(C)[nH]c(C(=O)[C@H](C)OC(=O)c2ccccc2F)c1C. The Morgan fingerprint density at radius 3 is 2.33 bits per heavy atom. The van der Waals surface area contributed by atoms with Gasteiger partial charge in [0.25, 0.3) is 0 Å². The molecule has 0 fully saturated rings. The Kier molecular flexibility index (Phi) is 4.97. The fourth-order valence-electron chi connectivity index (χ4n) is 2.63. The lowest BCUT2D eigenvalue weighted by molar-refractivity contribution is 0.0312. The van der Waals surface area contributed by atoms with Crippen LogP contribution in [0.3, 0.4) is 0 Å². The van der Waals surface area contributed by atoms with Gasteiger partial charge in [-0.1, -0.05) is 12.1 Å². The van der Waals surface area contributed by atoms with E-state index in [9.17, 15) is 18.8 Å². The first-order chi connectivity index (χ1) is 11.2. The molecule has 0 saturated carbocycles. The van der Waals surface area contributed by atoms with Gasteiger partial charge in [0, 0.05) is 11.3 Å². The monoisotopic (exact) mass is 331 g/mol. The maximum atomic E-state index is 13.6. The van der Waals surface area contributed by atoms with E-state index in [0.717, 1.165) is 6.07 Å². The average Bonchev–Trinajstić information content (AvgIpc) is 2.81. The standard InChI is InChI=1S/C18H18FNO4/c1-9-15(11(3)21)10(2)20-16(9)17(22)12(4)24-18(23)13-7-5-6-8-14(13)19/h5-8,12,20H,1-4H3/t12-/m0/s1. The number of hydrogen-bond acceptors (Lipinski definition) is 4. The molecule has 0 unspecified atom stereocenters. The molecule has 1 aromatic heterocycles. The van der Waals surface area contributed by atoms with Gasteiger partial charge in [-0.15, -0.1) is 0 Å². The Labute approximate surface area is 138 Å². The van der Waals surface area contributed by atoms with Crippen LogP contribution < -0.4 is 0 Å². The number of carbonyl (C=O) groups excluding carboxylic acids is 3. The highest BCUT2D eigenvalue weighted by Crippen LogP contribution is 2.21. The highest BCUT2D eigenvalue weighted by Gasteiger charge is 2.26. The van der Waals surface area contributed by atoms with E-state index in [0.29, 0.717) is 16.8 Å². The first-order valence-electron chi connectivity index (χ1n) is 7.43. The molecule has 5 nitrogen and oxygen atoms in total. The second-order valence-electron chi connectivity index (χ2n) is 5.57. The van der Waals surface area contributed by atoms with Crippen LogP contribution in [0, 0.1) is 19.7 Å². The second kappa shape index (κ2) is 6.78. The number of Topliss-reactive ketones (excluding diaryl/α,β-unsaturated/α-hetero) is 2. The Balaban J connectivity index is 2.22. The summed E-state index contributed by atoms with van der Waals surface area (Å²) in [6, 6.07) is 5.38. The fourth-order valence-corrected chi connectivity index (χ4v) is 2.63. The van der Waals surface area contributed by atoms with Crippen molar-refractivity contribution in [2.75, 3.05) is 0 Å². The molecule has 0 spiro atoms. The van der Waals surface area contributed by atoms with E-state index in [-0.39, 0.29) is 17.0 Å². The number of aryl methyl sites for hydroxylation is 1. The number of ether oxygens (including phenoxy) is 1. The summed E-state index contributed by atoms with van der Waals surface area (Å²) >= 11 is 0. The van der Waals surface area contributed by atoms with Gasteiger partial charge in [-0.05, 0) is 45.4 Å². The van der Waals surface area contributed by atoms with Crippen LogP contribution in [0.1, 0.15) is 56.3 Å². The topological polar surface area (TPSA) is 76.2 Å². The molecule has 0 aliphatic carbocycles. The van der Waals surface area contributed by atoms with Crippen molar-refractivity contribution in [3.05, 3.63) is 58.2 Å². The van der Waals surface area contributed by atoms with Crippen LogP contribution in [0.15, 0.2) is 24.3 Å². The quantitative estimate of drug-likeness (QED) is 0.673. The van der Waals surface area contributed by atoms with Gasteiger partial charge in [0.05, 0.1) is 11.3 Å². The first-order valence-corrected chi connectivity index (χ1v) is 7.43. The lowest BCUT2D eigenvalue weighted by atomic mass is 10.0. The summed E-state index contributed by atoms with van der Waals surface area (Å²) < 4.78 is 18.7. The van der Waals surface area contributed by atoms with Crippen molar-refractivity contribution in [2.24, 2.45) is 0 Å². The lowest BCUT2D eigenvalue weighted by Crippen LogP contribution is -2.25. The fraction of sp³-hybridized carbons (Fsp3) is 0.278. The lowest BCUT2D eigenvalue weighted by Gasteiger charge is -2.12. The Bertz CT molecular complexity index is 822. The van der Waals surface area contributed by atoms with Gasteiger partial charge in [0.2, 0.25) is 5.78 Å². The van der Waals surface area contributed by atoms with E-state index >= 15 is 0 Å². The van der Waals surface area contributed by atoms with E-state index < -0.39 is 23.7 Å². The molecule has 2 aromatic rings. The molecule has 2 rings (SSSR count). The molecule has 24 heavy (non-hydrogen) atoms. The van der Waals surface area contributed by atoms with Gasteiger partial charge in [-0.3, -0.25) is 9.59 Å². The minimum absolute atomic E-state index is 0.156. The third-order valence-corrected chi connectivity index (χ3v) is 3.78. The largest absolute Gasteiger partial charge is 0.451 e. The van der Waals surface area contributed by atoms with E-state index in [1.807, 2.05) is 0 Å². The highest BCUT2D eigenvalue weighted by molar-refractivity contribution is 6.05. The number of rotatable bonds is 5. The number of ketones is 2. The molecule has 0 amide bonds. The van der Waals surface area contributed by atoms with Crippen LogP contribution in [0.4, 0.5) is 4.39 Å². The number of aromatic nitrogens is 1. The number of esters is 1. The summed E-state index contributed by atoms with van der Waals surface area (Å²) in [5.41, 5.74) is 1.52. The molecule has 1 N–H and O–H groups in total.